The maximum atomic E-state index is 13.4. The summed E-state index contributed by atoms with van der Waals surface area (Å²) in [4.78, 5) is 12.7. The molecule has 2 saturated heterocycles. The molecule has 3 fully saturated rings. The molecule has 4 rings (SSSR count). The van der Waals surface area contributed by atoms with Crippen LogP contribution in [-0.4, -0.2) is 52.3 Å². The molecule has 0 bridgehead atoms. The monoisotopic (exact) mass is 465 g/mol. The summed E-state index contributed by atoms with van der Waals surface area (Å²) in [6.45, 7) is 3.15. The number of halogens is 1. The second kappa shape index (κ2) is 9.99. The van der Waals surface area contributed by atoms with Gasteiger partial charge in [0.1, 0.15) is 6.17 Å². The smallest absolute Gasteiger partial charge is 0.240 e. The number of nitrogens with one attached hydrogen (secondary N) is 3. The molecule has 0 unspecified atom stereocenters. The van der Waals surface area contributed by atoms with Crippen LogP contribution in [0.25, 0.3) is 6.08 Å². The minimum atomic E-state index is -3.67. The highest BCUT2D eigenvalue weighted by molar-refractivity contribution is 7.89. The van der Waals surface area contributed by atoms with Gasteiger partial charge in [-0.15, -0.1) is 0 Å². The fourth-order valence-corrected chi connectivity index (χ4v) is 5.51. The third kappa shape index (κ3) is 5.95. The van der Waals surface area contributed by atoms with Gasteiger partial charge in [0, 0.05) is 32.2 Å². The topological polar surface area (TPSA) is 96.5 Å². The van der Waals surface area contributed by atoms with Gasteiger partial charge in [0.2, 0.25) is 15.9 Å². The zero-order valence-electron chi connectivity index (χ0n) is 18.3. The summed E-state index contributed by atoms with van der Waals surface area (Å²) in [6, 6.07) is 4.00. The van der Waals surface area contributed by atoms with Gasteiger partial charge in [-0.1, -0.05) is 18.2 Å². The summed E-state index contributed by atoms with van der Waals surface area (Å²) < 4.78 is 47.5. The maximum Gasteiger partial charge on any atom is 0.240 e. The minimum Gasteiger partial charge on any atom is -0.381 e. The van der Waals surface area contributed by atoms with Crippen LogP contribution in [0.5, 0.6) is 0 Å². The number of carbonyl (C=O) groups is 1. The van der Waals surface area contributed by atoms with Crippen LogP contribution in [0.3, 0.4) is 0 Å². The van der Waals surface area contributed by atoms with E-state index < -0.39 is 22.2 Å². The van der Waals surface area contributed by atoms with Crippen molar-refractivity contribution in [2.45, 2.75) is 68.2 Å². The molecule has 0 aromatic heterocycles. The maximum absolute atomic E-state index is 13.4. The Morgan fingerprint density at radius 3 is 2.66 bits per heavy atom. The van der Waals surface area contributed by atoms with Gasteiger partial charge >= 0.3 is 0 Å². The Kier molecular flexibility index (Phi) is 7.29. The molecule has 3 N–H and O–H groups in total. The van der Waals surface area contributed by atoms with Crippen molar-refractivity contribution in [3.8, 4) is 0 Å². The summed E-state index contributed by atoms with van der Waals surface area (Å²) in [5.74, 6) is 0.283. The van der Waals surface area contributed by atoms with E-state index in [4.69, 9.17) is 4.74 Å². The first-order valence-corrected chi connectivity index (χ1v) is 12.9. The third-order valence-electron chi connectivity index (χ3n) is 6.30. The number of allylic oxidation sites excluding steroid dienone is 1. The molecule has 3 aliphatic rings. The van der Waals surface area contributed by atoms with E-state index in [1.807, 2.05) is 13.0 Å². The average Bonchev–Trinajstić information content (AvgIpc) is 3.50. The van der Waals surface area contributed by atoms with E-state index in [9.17, 15) is 17.6 Å². The van der Waals surface area contributed by atoms with Crippen LogP contribution in [0.2, 0.25) is 0 Å². The number of sulfonamides is 1. The van der Waals surface area contributed by atoms with Gasteiger partial charge in [0.05, 0.1) is 17.0 Å². The summed E-state index contributed by atoms with van der Waals surface area (Å²) in [6.07, 6.45) is 6.80. The predicted molar refractivity (Wildman–Crippen MR) is 120 cm³/mol. The van der Waals surface area contributed by atoms with E-state index in [1.165, 1.54) is 0 Å². The van der Waals surface area contributed by atoms with Crippen molar-refractivity contribution >= 4 is 22.0 Å². The van der Waals surface area contributed by atoms with E-state index in [1.54, 1.807) is 18.2 Å². The van der Waals surface area contributed by atoms with E-state index in [0.29, 0.717) is 32.0 Å². The number of carbonyl (C=O) groups excluding carboxylic acids is 1. The average molecular weight is 466 g/mol. The van der Waals surface area contributed by atoms with Crippen LogP contribution in [-0.2, 0) is 19.6 Å². The molecule has 176 valence electrons. The Hall–Kier alpha value is -1.81. The normalized spacial score (nSPS) is 25.8. The molecule has 1 aromatic rings. The Balaban J connectivity index is 1.53. The molecule has 1 saturated carbocycles. The lowest BCUT2D eigenvalue weighted by molar-refractivity contribution is -0.123. The highest BCUT2D eigenvalue weighted by atomic mass is 32.2. The highest BCUT2D eigenvalue weighted by Gasteiger charge is 2.30. The zero-order valence-corrected chi connectivity index (χ0v) is 19.2. The molecule has 1 aliphatic carbocycles. The number of rotatable bonds is 8. The van der Waals surface area contributed by atoms with Crippen molar-refractivity contribution in [1.29, 1.82) is 0 Å². The lowest BCUT2D eigenvalue weighted by Gasteiger charge is -2.23. The van der Waals surface area contributed by atoms with Crippen LogP contribution >= 0.6 is 0 Å². The van der Waals surface area contributed by atoms with Gasteiger partial charge in [0.25, 0.3) is 0 Å². The molecule has 2 aliphatic heterocycles. The molecule has 9 heteroatoms. The number of ether oxygens (including phenoxy) is 1. The second-order valence-corrected chi connectivity index (χ2v) is 10.7. The Morgan fingerprint density at radius 2 is 2.00 bits per heavy atom. The van der Waals surface area contributed by atoms with Gasteiger partial charge in [-0.05, 0) is 61.8 Å². The van der Waals surface area contributed by atoms with Crippen molar-refractivity contribution in [3.05, 3.63) is 35.4 Å². The number of hydrogen-bond acceptors (Lipinski definition) is 5. The van der Waals surface area contributed by atoms with Crippen molar-refractivity contribution in [2.75, 3.05) is 19.8 Å². The van der Waals surface area contributed by atoms with Crippen molar-refractivity contribution in [1.82, 2.24) is 15.4 Å². The largest absolute Gasteiger partial charge is 0.381 e. The molecule has 32 heavy (non-hydrogen) atoms. The standard InChI is InChI=1S/C23H32FN3O4S/c1-15(26-23(28)22-13-18(24)14-25-22)21-7-6-20(12-17(21)5-4-16-2-3-16)32(29,30)27-19-8-10-31-11-9-19/h4-7,12,15-16,18-19,22,25,27H,2-3,8-11,13-14H2,1H3,(H,26,28)/b5-4+/t15-,18+,22-/m0/s1. The van der Waals surface area contributed by atoms with Gasteiger partial charge in [-0.25, -0.2) is 17.5 Å². The van der Waals surface area contributed by atoms with E-state index in [0.717, 1.165) is 24.0 Å². The molecule has 1 amide bonds. The van der Waals surface area contributed by atoms with Gasteiger partial charge in [-0.2, -0.15) is 0 Å². The van der Waals surface area contributed by atoms with Gasteiger partial charge in [0.15, 0.2) is 0 Å². The SMILES string of the molecule is C[C@H](NC(=O)[C@@H]1C[C@@H](F)CN1)c1ccc(S(=O)(=O)NC2CCOCC2)cc1/C=C/C1CC1. The van der Waals surface area contributed by atoms with Gasteiger partial charge < -0.3 is 15.4 Å². The van der Waals surface area contributed by atoms with Gasteiger partial charge in [-0.3, -0.25) is 4.79 Å². The molecule has 3 atom stereocenters. The molecule has 7 nitrogen and oxygen atoms in total. The molecule has 1 aromatic carbocycles. The highest BCUT2D eigenvalue weighted by Crippen LogP contribution is 2.32. The van der Waals surface area contributed by atoms with E-state index >= 15 is 0 Å². The molecular formula is C23H32FN3O4S. The first-order chi connectivity index (χ1) is 15.3. The predicted octanol–water partition coefficient (Wildman–Crippen LogP) is 2.44. The fraction of sp³-hybridized carbons (Fsp3) is 0.609. The fourth-order valence-electron chi connectivity index (χ4n) is 4.17. The Morgan fingerprint density at radius 1 is 1.25 bits per heavy atom. The van der Waals surface area contributed by atoms with Crippen molar-refractivity contribution in [2.24, 2.45) is 5.92 Å². The Labute approximate surface area is 189 Å². The summed E-state index contributed by atoms with van der Waals surface area (Å²) in [7, 11) is -3.67. The van der Waals surface area contributed by atoms with Crippen LogP contribution in [0.4, 0.5) is 4.39 Å². The number of hydrogen-bond donors (Lipinski definition) is 3. The summed E-state index contributed by atoms with van der Waals surface area (Å²) in [5.41, 5.74) is 1.59. The third-order valence-corrected chi connectivity index (χ3v) is 7.82. The lowest BCUT2D eigenvalue weighted by atomic mass is 10.00. The zero-order chi connectivity index (χ0) is 22.7. The van der Waals surface area contributed by atoms with Crippen molar-refractivity contribution < 1.29 is 22.3 Å². The Bertz CT molecular complexity index is 958. The van der Waals surface area contributed by atoms with Crippen molar-refractivity contribution in [3.63, 3.8) is 0 Å². The second-order valence-electron chi connectivity index (χ2n) is 9.02. The minimum absolute atomic E-state index is 0.129. The molecule has 0 spiro atoms. The quantitative estimate of drug-likeness (QED) is 0.548. The first-order valence-electron chi connectivity index (χ1n) is 11.4. The van der Waals surface area contributed by atoms with Crippen LogP contribution < -0.4 is 15.4 Å². The van der Waals surface area contributed by atoms with E-state index in [2.05, 4.69) is 21.4 Å². The molecule has 2 heterocycles. The molecular weight excluding hydrogens is 433 g/mol. The van der Waals surface area contributed by atoms with E-state index in [-0.39, 0.29) is 35.9 Å². The van der Waals surface area contributed by atoms with Crippen LogP contribution in [0.1, 0.15) is 56.2 Å². The van der Waals surface area contributed by atoms with Crippen LogP contribution in [0.15, 0.2) is 29.2 Å². The molecule has 0 radical (unpaired) electrons. The lowest BCUT2D eigenvalue weighted by Crippen LogP contribution is -2.41. The number of benzene rings is 1. The van der Waals surface area contributed by atoms with Crippen LogP contribution in [0, 0.1) is 5.92 Å². The first kappa shape index (κ1) is 23.4. The number of amides is 1. The number of alkyl halides is 1. The summed E-state index contributed by atoms with van der Waals surface area (Å²) in [5, 5.41) is 5.84. The summed E-state index contributed by atoms with van der Waals surface area (Å²) >= 11 is 0.